The van der Waals surface area contributed by atoms with E-state index < -0.39 is 40.9 Å². The van der Waals surface area contributed by atoms with Crippen LogP contribution in [0.2, 0.25) is 0 Å². The molecule has 196 valence electrons. The number of carbonyl (C=O) groups excluding carboxylic acids is 3. The standard InChI is InChI=1S/C33H24FN3O3/c34-22-17-14-21(15-18-22)30(38)28-29(31(39)35-23-9-2-1-3-10-23)37-26-13-7-4-8-20(26)16-19-27(37)33(28)24-11-5-6-12-25(24)36-32(33)40/h1-19,27-29H,(H,35,39)(H,36,40)/t27-,28-,29+,33+/m1/s1. The number of anilines is 3. The van der Waals surface area contributed by atoms with Gasteiger partial charge in [-0.3, -0.25) is 14.4 Å². The van der Waals surface area contributed by atoms with E-state index in [0.717, 1.165) is 11.3 Å². The monoisotopic (exact) mass is 529 g/mol. The van der Waals surface area contributed by atoms with Crippen LogP contribution in [0.5, 0.6) is 0 Å². The number of hydrogen-bond donors (Lipinski definition) is 2. The molecule has 0 unspecified atom stereocenters. The van der Waals surface area contributed by atoms with E-state index in [1.165, 1.54) is 24.3 Å². The normalized spacial score (nSPS) is 23.8. The van der Waals surface area contributed by atoms with Crippen LogP contribution < -0.4 is 15.5 Å². The van der Waals surface area contributed by atoms with E-state index >= 15 is 0 Å². The molecule has 2 amide bonds. The largest absolute Gasteiger partial charge is 0.350 e. The Morgan fingerprint density at radius 3 is 2.35 bits per heavy atom. The first kappa shape index (κ1) is 24.0. The highest BCUT2D eigenvalue weighted by Gasteiger charge is 2.70. The van der Waals surface area contributed by atoms with Gasteiger partial charge in [-0.15, -0.1) is 0 Å². The molecule has 7 rings (SSSR count). The van der Waals surface area contributed by atoms with Gasteiger partial charge in [0.05, 0.1) is 12.0 Å². The zero-order valence-electron chi connectivity index (χ0n) is 21.3. The number of rotatable bonds is 4. The summed E-state index contributed by atoms with van der Waals surface area (Å²) in [6, 6.07) is 27.6. The predicted molar refractivity (Wildman–Crippen MR) is 152 cm³/mol. The lowest BCUT2D eigenvalue weighted by atomic mass is 9.64. The SMILES string of the molecule is O=C(Nc1ccccc1)[C@@H]1[C@H](C(=O)c2ccc(F)cc2)[C@@]2(C(=O)Nc3ccccc32)[C@H]2C=Cc3ccccc3N12. The number of Topliss-reactive ketones (excluding diaryl/α,β-unsaturated/α-hetero) is 1. The lowest BCUT2D eigenvalue weighted by molar-refractivity contribution is -0.122. The van der Waals surface area contributed by atoms with Crippen molar-refractivity contribution >= 4 is 40.7 Å². The molecule has 2 N–H and O–H groups in total. The lowest BCUT2D eigenvalue weighted by Gasteiger charge is -2.37. The van der Waals surface area contributed by atoms with Crippen molar-refractivity contribution in [3.63, 3.8) is 0 Å². The molecular formula is C33H24FN3O3. The number of hydrogen-bond acceptors (Lipinski definition) is 4. The maximum atomic E-state index is 14.6. The third kappa shape index (κ3) is 3.37. The first-order chi connectivity index (χ1) is 19.5. The molecule has 4 aromatic rings. The van der Waals surface area contributed by atoms with Gasteiger partial charge in [0.25, 0.3) is 0 Å². The molecule has 6 nitrogen and oxygen atoms in total. The van der Waals surface area contributed by atoms with Crippen molar-refractivity contribution in [1.82, 2.24) is 0 Å². The predicted octanol–water partition coefficient (Wildman–Crippen LogP) is 5.44. The topological polar surface area (TPSA) is 78.5 Å². The first-order valence-corrected chi connectivity index (χ1v) is 13.1. The third-order valence-electron chi connectivity index (χ3n) is 8.26. The van der Waals surface area contributed by atoms with Crippen LogP contribution in [-0.2, 0) is 15.0 Å². The number of nitrogens with zero attached hydrogens (tertiary/aromatic N) is 1. The van der Waals surface area contributed by atoms with Crippen LogP contribution in [0, 0.1) is 11.7 Å². The van der Waals surface area contributed by atoms with Crippen LogP contribution in [0.25, 0.3) is 6.08 Å². The second-order valence-electron chi connectivity index (χ2n) is 10.3. The van der Waals surface area contributed by atoms with Crippen molar-refractivity contribution in [3.05, 3.63) is 132 Å². The van der Waals surface area contributed by atoms with Crippen molar-refractivity contribution in [1.29, 1.82) is 0 Å². The van der Waals surface area contributed by atoms with Gasteiger partial charge in [-0.1, -0.05) is 66.7 Å². The molecule has 1 fully saturated rings. The Hall–Kier alpha value is -5.04. The molecule has 0 aliphatic carbocycles. The van der Waals surface area contributed by atoms with Gasteiger partial charge in [-0.2, -0.15) is 0 Å². The average molecular weight is 530 g/mol. The minimum absolute atomic E-state index is 0.234. The van der Waals surface area contributed by atoms with E-state index in [-0.39, 0.29) is 11.5 Å². The van der Waals surface area contributed by atoms with Crippen LogP contribution in [0.4, 0.5) is 21.5 Å². The Labute approximate surface area is 230 Å². The van der Waals surface area contributed by atoms with Crippen LogP contribution in [0.15, 0.2) is 109 Å². The number of amides is 2. The van der Waals surface area contributed by atoms with Gasteiger partial charge in [-0.25, -0.2) is 4.39 Å². The number of carbonyl (C=O) groups is 3. The van der Waals surface area contributed by atoms with Gasteiger partial charge in [-0.05, 0) is 59.7 Å². The quantitative estimate of drug-likeness (QED) is 0.345. The number of fused-ring (bicyclic) bond motifs is 6. The fourth-order valence-corrected chi connectivity index (χ4v) is 6.65. The highest BCUT2D eigenvalue weighted by Crippen LogP contribution is 2.57. The molecule has 1 saturated heterocycles. The number of nitrogens with one attached hydrogen (secondary N) is 2. The van der Waals surface area contributed by atoms with Crippen molar-refractivity contribution in [2.75, 3.05) is 15.5 Å². The summed E-state index contributed by atoms with van der Waals surface area (Å²) in [5, 5.41) is 5.99. The Morgan fingerprint density at radius 2 is 1.55 bits per heavy atom. The zero-order chi connectivity index (χ0) is 27.4. The smallest absolute Gasteiger partial charge is 0.247 e. The van der Waals surface area contributed by atoms with Crippen LogP contribution >= 0.6 is 0 Å². The Bertz CT molecular complexity index is 1700. The van der Waals surface area contributed by atoms with Crippen molar-refractivity contribution in [3.8, 4) is 0 Å². The summed E-state index contributed by atoms with van der Waals surface area (Å²) in [6.07, 6.45) is 3.87. The molecular weight excluding hydrogens is 505 g/mol. The summed E-state index contributed by atoms with van der Waals surface area (Å²) in [5.74, 6) is -2.75. The molecule has 4 atom stereocenters. The van der Waals surface area contributed by atoms with E-state index in [1.807, 2.05) is 83.8 Å². The molecule has 3 heterocycles. The minimum Gasteiger partial charge on any atom is -0.350 e. The summed E-state index contributed by atoms with van der Waals surface area (Å²) in [7, 11) is 0. The molecule has 3 aliphatic heterocycles. The molecule has 0 aromatic heterocycles. The fourth-order valence-electron chi connectivity index (χ4n) is 6.65. The second kappa shape index (κ2) is 9.02. The number of para-hydroxylation sites is 3. The molecule has 0 bridgehead atoms. The summed E-state index contributed by atoms with van der Waals surface area (Å²) < 4.78 is 13.9. The van der Waals surface area contributed by atoms with Crippen LogP contribution in [0.1, 0.15) is 21.5 Å². The maximum absolute atomic E-state index is 14.6. The highest BCUT2D eigenvalue weighted by atomic mass is 19.1. The lowest BCUT2D eigenvalue weighted by Crippen LogP contribution is -2.51. The average Bonchev–Trinajstić information content (AvgIpc) is 3.46. The first-order valence-electron chi connectivity index (χ1n) is 13.1. The van der Waals surface area contributed by atoms with E-state index in [4.69, 9.17) is 0 Å². The van der Waals surface area contributed by atoms with Gasteiger partial charge in [0, 0.05) is 22.6 Å². The summed E-state index contributed by atoms with van der Waals surface area (Å²) in [5.41, 5.74) is 2.31. The third-order valence-corrected chi connectivity index (χ3v) is 8.26. The van der Waals surface area contributed by atoms with Gasteiger partial charge in [0.1, 0.15) is 17.3 Å². The molecule has 0 radical (unpaired) electrons. The Balaban J connectivity index is 1.49. The van der Waals surface area contributed by atoms with E-state index in [9.17, 15) is 18.8 Å². The van der Waals surface area contributed by atoms with E-state index in [2.05, 4.69) is 10.6 Å². The van der Waals surface area contributed by atoms with E-state index in [0.29, 0.717) is 16.9 Å². The molecule has 1 spiro atoms. The minimum atomic E-state index is -1.41. The van der Waals surface area contributed by atoms with Crippen molar-refractivity contribution in [2.45, 2.75) is 17.5 Å². The number of ketones is 1. The van der Waals surface area contributed by atoms with Gasteiger partial charge < -0.3 is 15.5 Å². The molecule has 40 heavy (non-hydrogen) atoms. The molecule has 4 aromatic carbocycles. The Morgan fingerprint density at radius 1 is 0.850 bits per heavy atom. The highest BCUT2D eigenvalue weighted by molar-refractivity contribution is 6.17. The van der Waals surface area contributed by atoms with Crippen molar-refractivity contribution < 1.29 is 18.8 Å². The summed E-state index contributed by atoms with van der Waals surface area (Å²) in [6.45, 7) is 0. The summed E-state index contributed by atoms with van der Waals surface area (Å²) >= 11 is 0. The number of halogens is 1. The van der Waals surface area contributed by atoms with Crippen molar-refractivity contribution in [2.24, 2.45) is 5.92 Å². The van der Waals surface area contributed by atoms with Gasteiger partial charge in [0.15, 0.2) is 5.78 Å². The zero-order valence-corrected chi connectivity index (χ0v) is 21.3. The van der Waals surface area contributed by atoms with E-state index in [1.54, 1.807) is 12.1 Å². The van der Waals surface area contributed by atoms with Gasteiger partial charge in [0.2, 0.25) is 11.8 Å². The fraction of sp³-hybridized carbons (Fsp3) is 0.121. The maximum Gasteiger partial charge on any atom is 0.247 e. The molecule has 7 heteroatoms. The van der Waals surface area contributed by atoms with Crippen LogP contribution in [0.3, 0.4) is 0 Å². The number of benzene rings is 4. The van der Waals surface area contributed by atoms with Crippen LogP contribution in [-0.4, -0.2) is 29.7 Å². The molecule has 3 aliphatic rings. The van der Waals surface area contributed by atoms with Gasteiger partial charge >= 0.3 is 0 Å². The Kier molecular flexibility index (Phi) is 5.42. The summed E-state index contributed by atoms with van der Waals surface area (Å²) in [4.78, 5) is 45.0. The molecule has 0 saturated carbocycles. The second-order valence-corrected chi connectivity index (χ2v) is 10.3.